The van der Waals surface area contributed by atoms with Gasteiger partial charge in [0.05, 0.1) is 17.4 Å². The average molecular weight is 422 g/mol. The lowest BCUT2D eigenvalue weighted by atomic mass is 10.1. The molecule has 164 valence electrons. The van der Waals surface area contributed by atoms with Gasteiger partial charge >= 0.3 is 6.03 Å². The summed E-state index contributed by atoms with van der Waals surface area (Å²) in [7, 11) is 0. The van der Waals surface area contributed by atoms with Crippen LogP contribution in [0, 0.1) is 0 Å². The van der Waals surface area contributed by atoms with Crippen LogP contribution in [0.2, 0.25) is 0 Å². The standard InChI is InChI=1S/C24H31N5O2/c1-4-28(5-2)16-19-13-11-18(12-14-19)15-25-24(31)29(6-3)17-22-26-21-10-8-7-9-20(21)23(30)27-22/h7-14H,4-6,15-17H2,1-3H3,(H,25,31)(H,26,27,30). The zero-order valence-corrected chi connectivity index (χ0v) is 18.5. The van der Waals surface area contributed by atoms with E-state index in [2.05, 4.69) is 58.3 Å². The first-order chi connectivity index (χ1) is 15.0. The van der Waals surface area contributed by atoms with Crippen LogP contribution in [0.15, 0.2) is 53.3 Å². The highest BCUT2D eigenvalue weighted by atomic mass is 16.2. The van der Waals surface area contributed by atoms with E-state index in [0.717, 1.165) is 25.2 Å². The van der Waals surface area contributed by atoms with Crippen molar-refractivity contribution in [3.63, 3.8) is 0 Å². The van der Waals surface area contributed by atoms with Gasteiger partial charge in [0.15, 0.2) is 0 Å². The minimum absolute atomic E-state index is 0.189. The Hall–Kier alpha value is -3.19. The number of fused-ring (bicyclic) bond motifs is 1. The molecule has 2 N–H and O–H groups in total. The SMILES string of the molecule is CCN(CC)Cc1ccc(CNC(=O)N(CC)Cc2nc3ccccc3c(=O)[nH]2)cc1. The van der Waals surface area contributed by atoms with Gasteiger partial charge in [-0.05, 0) is 43.3 Å². The van der Waals surface area contributed by atoms with Gasteiger partial charge in [0.25, 0.3) is 5.56 Å². The van der Waals surface area contributed by atoms with Crippen molar-refractivity contribution >= 4 is 16.9 Å². The molecule has 3 aromatic rings. The smallest absolute Gasteiger partial charge is 0.318 e. The number of aromatic nitrogens is 2. The molecule has 0 saturated carbocycles. The molecule has 2 aromatic carbocycles. The number of para-hydroxylation sites is 1. The lowest BCUT2D eigenvalue weighted by Crippen LogP contribution is -2.39. The van der Waals surface area contributed by atoms with Gasteiger partial charge in [0.2, 0.25) is 0 Å². The van der Waals surface area contributed by atoms with E-state index in [-0.39, 0.29) is 18.1 Å². The Morgan fingerprint density at radius 3 is 2.29 bits per heavy atom. The van der Waals surface area contributed by atoms with Crippen LogP contribution in [0.3, 0.4) is 0 Å². The Morgan fingerprint density at radius 2 is 1.61 bits per heavy atom. The molecule has 0 saturated heterocycles. The lowest BCUT2D eigenvalue weighted by Gasteiger charge is -2.21. The van der Waals surface area contributed by atoms with E-state index in [4.69, 9.17) is 0 Å². The van der Waals surface area contributed by atoms with Crippen LogP contribution in [0.1, 0.15) is 37.7 Å². The quantitative estimate of drug-likeness (QED) is 0.554. The van der Waals surface area contributed by atoms with Gasteiger partial charge in [0, 0.05) is 19.6 Å². The number of benzene rings is 2. The van der Waals surface area contributed by atoms with Crippen LogP contribution in [0.4, 0.5) is 4.79 Å². The average Bonchev–Trinajstić information content (AvgIpc) is 2.80. The molecule has 1 aromatic heterocycles. The number of hydrogen-bond donors (Lipinski definition) is 2. The van der Waals surface area contributed by atoms with Crippen molar-refractivity contribution in [1.82, 2.24) is 25.1 Å². The number of rotatable bonds is 9. The maximum absolute atomic E-state index is 12.7. The molecule has 0 fully saturated rings. The van der Waals surface area contributed by atoms with E-state index in [1.165, 1.54) is 5.56 Å². The molecule has 7 heteroatoms. The lowest BCUT2D eigenvalue weighted by molar-refractivity contribution is 0.196. The molecule has 0 atom stereocenters. The van der Waals surface area contributed by atoms with E-state index in [1.807, 2.05) is 13.0 Å². The van der Waals surface area contributed by atoms with Crippen molar-refractivity contribution < 1.29 is 4.79 Å². The van der Waals surface area contributed by atoms with Crippen molar-refractivity contribution in [2.75, 3.05) is 19.6 Å². The highest BCUT2D eigenvalue weighted by Crippen LogP contribution is 2.09. The minimum Gasteiger partial charge on any atom is -0.334 e. The number of nitrogens with one attached hydrogen (secondary N) is 2. The van der Waals surface area contributed by atoms with Crippen LogP contribution >= 0.6 is 0 Å². The molecule has 1 heterocycles. The second-order valence-corrected chi connectivity index (χ2v) is 7.48. The number of hydrogen-bond acceptors (Lipinski definition) is 4. The normalized spacial score (nSPS) is 11.1. The van der Waals surface area contributed by atoms with Crippen molar-refractivity contribution in [2.45, 2.75) is 40.4 Å². The summed E-state index contributed by atoms with van der Waals surface area (Å²) in [6, 6.07) is 15.3. The molecule has 0 unspecified atom stereocenters. The fourth-order valence-corrected chi connectivity index (χ4v) is 3.48. The van der Waals surface area contributed by atoms with E-state index in [1.54, 1.807) is 23.1 Å². The maximum atomic E-state index is 12.7. The van der Waals surface area contributed by atoms with Gasteiger partial charge < -0.3 is 15.2 Å². The molecule has 0 aliphatic carbocycles. The molecule has 7 nitrogen and oxygen atoms in total. The number of aromatic amines is 1. The number of carbonyl (C=O) groups excluding carboxylic acids is 1. The van der Waals surface area contributed by atoms with Gasteiger partial charge in [-0.25, -0.2) is 9.78 Å². The summed E-state index contributed by atoms with van der Waals surface area (Å²) >= 11 is 0. The summed E-state index contributed by atoms with van der Waals surface area (Å²) in [5, 5.41) is 3.51. The second-order valence-electron chi connectivity index (χ2n) is 7.48. The van der Waals surface area contributed by atoms with Crippen LogP contribution in [0.5, 0.6) is 0 Å². The fourth-order valence-electron chi connectivity index (χ4n) is 3.48. The molecule has 31 heavy (non-hydrogen) atoms. The van der Waals surface area contributed by atoms with E-state index in [9.17, 15) is 9.59 Å². The Kier molecular flexibility index (Phi) is 7.78. The molecule has 0 bridgehead atoms. The topological polar surface area (TPSA) is 81.3 Å². The number of carbonyl (C=O) groups is 1. The van der Waals surface area contributed by atoms with Gasteiger partial charge in [-0.15, -0.1) is 0 Å². The van der Waals surface area contributed by atoms with Crippen LogP contribution < -0.4 is 10.9 Å². The Morgan fingerprint density at radius 1 is 0.935 bits per heavy atom. The van der Waals surface area contributed by atoms with E-state index >= 15 is 0 Å². The molecular formula is C24H31N5O2. The predicted molar refractivity (Wildman–Crippen MR) is 124 cm³/mol. The number of H-pyrrole nitrogens is 1. The van der Waals surface area contributed by atoms with Crippen molar-refractivity contribution in [2.24, 2.45) is 0 Å². The second kappa shape index (κ2) is 10.7. The van der Waals surface area contributed by atoms with E-state index in [0.29, 0.717) is 29.8 Å². The highest BCUT2D eigenvalue weighted by Gasteiger charge is 2.14. The first-order valence-electron chi connectivity index (χ1n) is 10.8. The van der Waals surface area contributed by atoms with Crippen LogP contribution in [-0.4, -0.2) is 45.4 Å². The van der Waals surface area contributed by atoms with Gasteiger partial charge in [-0.1, -0.05) is 50.2 Å². The molecule has 0 aliphatic rings. The summed E-state index contributed by atoms with van der Waals surface area (Å²) in [6.07, 6.45) is 0. The van der Waals surface area contributed by atoms with Crippen molar-refractivity contribution in [1.29, 1.82) is 0 Å². The van der Waals surface area contributed by atoms with Crippen LogP contribution in [0.25, 0.3) is 10.9 Å². The van der Waals surface area contributed by atoms with Gasteiger partial charge in [-0.2, -0.15) is 0 Å². The maximum Gasteiger partial charge on any atom is 0.318 e. The van der Waals surface area contributed by atoms with Gasteiger partial charge in [-0.3, -0.25) is 9.69 Å². The first kappa shape index (κ1) is 22.5. The molecule has 3 rings (SSSR count). The zero-order valence-electron chi connectivity index (χ0n) is 18.5. The van der Waals surface area contributed by atoms with Crippen molar-refractivity contribution in [3.05, 3.63) is 75.8 Å². The molecule has 2 amide bonds. The molecule has 0 spiro atoms. The summed E-state index contributed by atoms with van der Waals surface area (Å²) in [4.78, 5) is 36.2. The number of urea groups is 1. The first-order valence-corrected chi connectivity index (χ1v) is 10.8. The largest absolute Gasteiger partial charge is 0.334 e. The number of amides is 2. The summed E-state index contributed by atoms with van der Waals surface area (Å²) in [5.41, 5.74) is 2.75. The minimum atomic E-state index is -0.193. The summed E-state index contributed by atoms with van der Waals surface area (Å²) in [5.74, 6) is 0.474. The van der Waals surface area contributed by atoms with Gasteiger partial charge in [0.1, 0.15) is 5.82 Å². The third-order valence-corrected chi connectivity index (χ3v) is 5.44. The summed E-state index contributed by atoms with van der Waals surface area (Å²) < 4.78 is 0. The summed E-state index contributed by atoms with van der Waals surface area (Å²) in [6.45, 7) is 10.4. The van der Waals surface area contributed by atoms with E-state index < -0.39 is 0 Å². The Bertz CT molecular complexity index is 1060. The van der Waals surface area contributed by atoms with Crippen molar-refractivity contribution in [3.8, 4) is 0 Å². The molecule has 0 aliphatic heterocycles. The predicted octanol–water partition coefficient (Wildman–Crippen LogP) is 3.50. The third-order valence-electron chi connectivity index (χ3n) is 5.44. The molecule has 0 radical (unpaired) electrons. The Labute approximate surface area is 183 Å². The number of nitrogens with zero attached hydrogens (tertiary/aromatic N) is 3. The monoisotopic (exact) mass is 421 g/mol. The molecular weight excluding hydrogens is 390 g/mol. The Balaban J connectivity index is 1.59. The highest BCUT2D eigenvalue weighted by molar-refractivity contribution is 5.77. The third kappa shape index (κ3) is 5.92. The fraction of sp³-hybridized carbons (Fsp3) is 0.375. The zero-order chi connectivity index (χ0) is 22.2. The van der Waals surface area contributed by atoms with Crippen LogP contribution in [-0.2, 0) is 19.6 Å².